The topological polar surface area (TPSA) is 77.7 Å². The Labute approximate surface area is 169 Å². The largest absolute Gasteiger partial charge is 0.496 e. The molecule has 0 radical (unpaired) electrons. The van der Waals surface area contributed by atoms with Crippen molar-refractivity contribution in [1.29, 1.82) is 0 Å². The molecule has 0 unspecified atom stereocenters. The number of para-hydroxylation sites is 1. The Hall–Kier alpha value is -3.35. The van der Waals surface area contributed by atoms with Crippen LogP contribution in [0.2, 0.25) is 0 Å². The van der Waals surface area contributed by atoms with Gasteiger partial charge in [-0.2, -0.15) is 4.98 Å². The lowest BCUT2D eigenvalue weighted by atomic mass is 10.1. The maximum absolute atomic E-state index is 12.5. The summed E-state index contributed by atoms with van der Waals surface area (Å²) in [4.78, 5) is 18.9. The fourth-order valence-electron chi connectivity index (χ4n) is 3.52. The van der Waals surface area contributed by atoms with Crippen molar-refractivity contribution in [2.24, 2.45) is 0 Å². The van der Waals surface area contributed by atoms with Crippen LogP contribution >= 0.6 is 0 Å². The van der Waals surface area contributed by atoms with Crippen LogP contribution in [0.3, 0.4) is 0 Å². The number of rotatable bonds is 7. The van der Waals surface area contributed by atoms with E-state index in [1.165, 1.54) is 0 Å². The molecule has 2 heterocycles. The van der Waals surface area contributed by atoms with Gasteiger partial charge in [-0.3, -0.25) is 4.79 Å². The van der Waals surface area contributed by atoms with Gasteiger partial charge in [-0.1, -0.05) is 23.4 Å². The SMILES string of the molecule is CCOc1ccc(-c2nc([C@@H]3CC(=O)N(Cc4ccccc4OC)C3)no2)cc1. The van der Waals surface area contributed by atoms with E-state index in [1.54, 1.807) is 7.11 Å². The third-order valence-electron chi connectivity index (χ3n) is 4.99. The number of nitrogens with zero attached hydrogens (tertiary/aromatic N) is 3. The molecule has 4 rings (SSSR count). The molecule has 0 spiro atoms. The number of methoxy groups -OCH3 is 1. The van der Waals surface area contributed by atoms with Crippen molar-refractivity contribution in [3.8, 4) is 23.0 Å². The summed E-state index contributed by atoms with van der Waals surface area (Å²) in [5.74, 6) is 2.57. The fraction of sp³-hybridized carbons (Fsp3) is 0.318. The summed E-state index contributed by atoms with van der Waals surface area (Å²) in [5, 5.41) is 4.12. The molecule has 1 fully saturated rings. The lowest BCUT2D eigenvalue weighted by molar-refractivity contribution is -0.128. The molecule has 1 atom stereocenters. The molecule has 0 N–H and O–H groups in total. The lowest BCUT2D eigenvalue weighted by Gasteiger charge is -2.17. The number of aromatic nitrogens is 2. The molecule has 150 valence electrons. The fourth-order valence-corrected chi connectivity index (χ4v) is 3.52. The second-order valence-corrected chi connectivity index (χ2v) is 6.90. The molecule has 0 saturated carbocycles. The number of ether oxygens (including phenoxy) is 2. The van der Waals surface area contributed by atoms with Crippen molar-refractivity contribution in [3.05, 3.63) is 59.9 Å². The average molecular weight is 393 g/mol. The highest BCUT2D eigenvalue weighted by Gasteiger charge is 2.34. The van der Waals surface area contributed by atoms with Gasteiger partial charge in [0.05, 0.1) is 13.7 Å². The quantitative estimate of drug-likeness (QED) is 0.610. The zero-order valence-electron chi connectivity index (χ0n) is 16.5. The molecule has 1 aliphatic rings. The maximum Gasteiger partial charge on any atom is 0.257 e. The summed E-state index contributed by atoms with van der Waals surface area (Å²) in [6, 6.07) is 15.2. The minimum absolute atomic E-state index is 0.0772. The smallest absolute Gasteiger partial charge is 0.257 e. The molecular weight excluding hydrogens is 370 g/mol. The standard InChI is InChI=1S/C22H23N3O4/c1-3-28-18-10-8-15(9-11-18)22-23-21(24-29-22)17-12-20(26)25(14-17)13-16-6-4-5-7-19(16)27-2/h4-11,17H,3,12-14H2,1-2H3/t17-/m1/s1. The first-order valence-electron chi connectivity index (χ1n) is 9.64. The zero-order valence-corrected chi connectivity index (χ0v) is 16.5. The van der Waals surface area contributed by atoms with Crippen LogP contribution in [0.4, 0.5) is 0 Å². The van der Waals surface area contributed by atoms with E-state index in [2.05, 4.69) is 10.1 Å². The summed E-state index contributed by atoms with van der Waals surface area (Å²) < 4.78 is 16.3. The molecular formula is C22H23N3O4. The maximum atomic E-state index is 12.5. The number of carbonyl (C=O) groups excluding carboxylic acids is 1. The van der Waals surface area contributed by atoms with Crippen molar-refractivity contribution in [2.75, 3.05) is 20.3 Å². The average Bonchev–Trinajstić information content (AvgIpc) is 3.37. The van der Waals surface area contributed by atoms with Crippen molar-refractivity contribution < 1.29 is 18.8 Å². The molecule has 1 saturated heterocycles. The molecule has 0 aliphatic carbocycles. The van der Waals surface area contributed by atoms with Gasteiger partial charge >= 0.3 is 0 Å². The molecule has 1 aromatic heterocycles. The van der Waals surface area contributed by atoms with Crippen LogP contribution < -0.4 is 9.47 Å². The van der Waals surface area contributed by atoms with E-state index in [0.717, 1.165) is 22.6 Å². The summed E-state index contributed by atoms with van der Waals surface area (Å²) in [6.07, 6.45) is 0.372. The zero-order chi connectivity index (χ0) is 20.2. The highest BCUT2D eigenvalue weighted by molar-refractivity contribution is 5.79. The minimum atomic E-state index is -0.0857. The summed E-state index contributed by atoms with van der Waals surface area (Å²) in [5.41, 5.74) is 1.80. The van der Waals surface area contributed by atoms with Crippen molar-refractivity contribution >= 4 is 5.91 Å². The number of benzene rings is 2. The summed E-state index contributed by atoms with van der Waals surface area (Å²) in [7, 11) is 1.63. The first-order valence-corrected chi connectivity index (χ1v) is 9.64. The van der Waals surface area contributed by atoms with Gasteiger partial charge in [-0.05, 0) is 37.3 Å². The predicted octanol–water partition coefficient (Wildman–Crippen LogP) is 3.66. The van der Waals surface area contributed by atoms with Gasteiger partial charge < -0.3 is 18.9 Å². The Morgan fingerprint density at radius 2 is 1.97 bits per heavy atom. The van der Waals surface area contributed by atoms with Crippen molar-refractivity contribution in [3.63, 3.8) is 0 Å². The predicted molar refractivity (Wildman–Crippen MR) is 107 cm³/mol. The lowest BCUT2D eigenvalue weighted by Crippen LogP contribution is -2.24. The van der Waals surface area contributed by atoms with Gasteiger partial charge in [-0.15, -0.1) is 0 Å². The van der Waals surface area contributed by atoms with E-state index in [9.17, 15) is 4.79 Å². The van der Waals surface area contributed by atoms with Crippen LogP contribution in [0, 0.1) is 0 Å². The van der Waals surface area contributed by atoms with Gasteiger partial charge in [0.25, 0.3) is 5.89 Å². The second-order valence-electron chi connectivity index (χ2n) is 6.90. The van der Waals surface area contributed by atoms with Crippen LogP contribution in [0.5, 0.6) is 11.5 Å². The number of hydrogen-bond acceptors (Lipinski definition) is 6. The second kappa shape index (κ2) is 8.34. The minimum Gasteiger partial charge on any atom is -0.496 e. The highest BCUT2D eigenvalue weighted by atomic mass is 16.5. The normalized spacial score (nSPS) is 16.3. The highest BCUT2D eigenvalue weighted by Crippen LogP contribution is 2.31. The Balaban J connectivity index is 1.45. The van der Waals surface area contributed by atoms with E-state index >= 15 is 0 Å². The third kappa shape index (κ3) is 4.08. The molecule has 7 nitrogen and oxygen atoms in total. The Morgan fingerprint density at radius 1 is 1.17 bits per heavy atom. The van der Waals surface area contributed by atoms with Gasteiger partial charge in [0.1, 0.15) is 11.5 Å². The van der Waals surface area contributed by atoms with Gasteiger partial charge in [0.2, 0.25) is 5.91 Å². The van der Waals surface area contributed by atoms with Crippen LogP contribution in [0.1, 0.15) is 30.7 Å². The number of amides is 1. The summed E-state index contributed by atoms with van der Waals surface area (Å²) in [6.45, 7) is 3.62. The van der Waals surface area contributed by atoms with Gasteiger partial charge in [0, 0.05) is 36.6 Å². The number of likely N-dealkylation sites (tertiary alicyclic amines) is 1. The summed E-state index contributed by atoms with van der Waals surface area (Å²) >= 11 is 0. The van der Waals surface area contributed by atoms with Crippen LogP contribution in [0.25, 0.3) is 11.5 Å². The van der Waals surface area contributed by atoms with Crippen LogP contribution in [0.15, 0.2) is 53.1 Å². The Morgan fingerprint density at radius 3 is 2.72 bits per heavy atom. The van der Waals surface area contributed by atoms with E-state index in [1.807, 2.05) is 60.4 Å². The third-order valence-corrected chi connectivity index (χ3v) is 4.99. The monoisotopic (exact) mass is 393 g/mol. The molecule has 1 aliphatic heterocycles. The van der Waals surface area contributed by atoms with Gasteiger partial charge in [-0.25, -0.2) is 0 Å². The van der Waals surface area contributed by atoms with Crippen LogP contribution in [-0.4, -0.2) is 41.2 Å². The first-order chi connectivity index (χ1) is 14.2. The van der Waals surface area contributed by atoms with E-state index in [4.69, 9.17) is 14.0 Å². The Kier molecular flexibility index (Phi) is 5.46. The molecule has 3 aromatic rings. The first kappa shape index (κ1) is 19.0. The molecule has 7 heteroatoms. The van der Waals surface area contributed by atoms with Gasteiger partial charge in [0.15, 0.2) is 5.82 Å². The van der Waals surface area contributed by atoms with Crippen molar-refractivity contribution in [1.82, 2.24) is 15.0 Å². The molecule has 0 bridgehead atoms. The molecule has 2 aromatic carbocycles. The van der Waals surface area contributed by atoms with E-state index < -0.39 is 0 Å². The molecule has 1 amide bonds. The Bertz CT molecular complexity index is 984. The number of hydrogen-bond donors (Lipinski definition) is 0. The number of carbonyl (C=O) groups is 1. The van der Waals surface area contributed by atoms with Crippen molar-refractivity contribution in [2.45, 2.75) is 25.8 Å². The van der Waals surface area contributed by atoms with E-state index in [0.29, 0.717) is 37.8 Å². The molecule has 29 heavy (non-hydrogen) atoms. The van der Waals surface area contributed by atoms with Crippen LogP contribution in [-0.2, 0) is 11.3 Å². The van der Waals surface area contributed by atoms with E-state index in [-0.39, 0.29) is 11.8 Å².